The van der Waals surface area contributed by atoms with E-state index in [9.17, 15) is 19.7 Å². The smallest absolute Gasteiger partial charge is 0.338 e. The molecule has 0 aliphatic heterocycles. The van der Waals surface area contributed by atoms with Gasteiger partial charge in [0, 0.05) is 0 Å². The zero-order valence-corrected chi connectivity index (χ0v) is 14.6. The standard InChI is InChI=1S/C18H18N2O6/c1-11-4-5-13(8-12(11)2)18(22)26-10-17(21)19-15-7-6-14(25-3)9-16(15)20(23)24/h4-9H,10H2,1-3H3,(H,19,21). The molecule has 0 aliphatic rings. The van der Waals surface area contributed by atoms with Crippen molar-refractivity contribution < 1.29 is 24.0 Å². The molecule has 0 aromatic heterocycles. The van der Waals surface area contributed by atoms with Crippen molar-refractivity contribution in [2.45, 2.75) is 13.8 Å². The predicted octanol–water partition coefficient (Wildman–Crippen LogP) is 3.02. The number of hydrogen-bond donors (Lipinski definition) is 1. The summed E-state index contributed by atoms with van der Waals surface area (Å²) in [4.78, 5) is 34.4. The Kier molecular flexibility index (Phi) is 5.90. The number of amides is 1. The molecular weight excluding hydrogens is 340 g/mol. The van der Waals surface area contributed by atoms with Gasteiger partial charge in [-0.05, 0) is 49.2 Å². The van der Waals surface area contributed by atoms with Gasteiger partial charge in [0.1, 0.15) is 11.4 Å². The lowest BCUT2D eigenvalue weighted by atomic mass is 10.1. The maximum absolute atomic E-state index is 12.0. The van der Waals surface area contributed by atoms with Crippen molar-refractivity contribution in [3.8, 4) is 5.75 Å². The first-order valence-corrected chi connectivity index (χ1v) is 7.68. The van der Waals surface area contributed by atoms with Crippen molar-refractivity contribution >= 4 is 23.3 Å². The van der Waals surface area contributed by atoms with Crippen LogP contribution in [0.5, 0.6) is 5.75 Å². The number of methoxy groups -OCH3 is 1. The summed E-state index contributed by atoms with van der Waals surface area (Å²) in [5.41, 5.74) is 1.96. The fraction of sp³-hybridized carbons (Fsp3) is 0.222. The van der Waals surface area contributed by atoms with Crippen LogP contribution in [0.4, 0.5) is 11.4 Å². The van der Waals surface area contributed by atoms with Crippen molar-refractivity contribution in [2.24, 2.45) is 0 Å². The van der Waals surface area contributed by atoms with Gasteiger partial charge in [0.05, 0.1) is 23.7 Å². The summed E-state index contributed by atoms with van der Waals surface area (Å²) < 4.78 is 9.88. The number of nitro benzene ring substituents is 1. The minimum absolute atomic E-state index is 0.0111. The van der Waals surface area contributed by atoms with Gasteiger partial charge in [0.15, 0.2) is 6.61 Å². The second kappa shape index (κ2) is 8.11. The molecule has 0 heterocycles. The Hall–Kier alpha value is -3.42. The van der Waals surface area contributed by atoms with Crippen LogP contribution in [0.25, 0.3) is 0 Å². The molecule has 2 aromatic rings. The predicted molar refractivity (Wildman–Crippen MR) is 94.5 cm³/mol. The van der Waals surface area contributed by atoms with Crippen LogP contribution in [0, 0.1) is 24.0 Å². The molecule has 1 N–H and O–H groups in total. The Balaban J connectivity index is 2.01. The lowest BCUT2D eigenvalue weighted by Gasteiger charge is -2.09. The molecule has 8 heteroatoms. The molecule has 0 unspecified atom stereocenters. The normalized spacial score (nSPS) is 10.1. The van der Waals surface area contributed by atoms with Gasteiger partial charge in [-0.3, -0.25) is 14.9 Å². The van der Waals surface area contributed by atoms with Gasteiger partial charge in [-0.2, -0.15) is 0 Å². The monoisotopic (exact) mass is 358 g/mol. The second-order valence-corrected chi connectivity index (χ2v) is 5.56. The van der Waals surface area contributed by atoms with E-state index in [4.69, 9.17) is 9.47 Å². The van der Waals surface area contributed by atoms with E-state index in [1.807, 2.05) is 13.8 Å². The van der Waals surface area contributed by atoms with Crippen LogP contribution in [0.2, 0.25) is 0 Å². The van der Waals surface area contributed by atoms with E-state index in [2.05, 4.69) is 5.32 Å². The summed E-state index contributed by atoms with van der Waals surface area (Å²) in [6.45, 7) is 3.22. The van der Waals surface area contributed by atoms with Gasteiger partial charge in [-0.1, -0.05) is 6.07 Å². The quantitative estimate of drug-likeness (QED) is 0.483. The van der Waals surface area contributed by atoms with Crippen molar-refractivity contribution in [3.05, 3.63) is 63.2 Å². The SMILES string of the molecule is COc1ccc(NC(=O)COC(=O)c2ccc(C)c(C)c2)c([N+](=O)[O-])c1. The van der Waals surface area contributed by atoms with E-state index in [1.165, 1.54) is 25.3 Å². The topological polar surface area (TPSA) is 108 Å². The summed E-state index contributed by atoms with van der Waals surface area (Å²) in [5.74, 6) is -1.04. The number of esters is 1. The van der Waals surface area contributed by atoms with Gasteiger partial charge < -0.3 is 14.8 Å². The lowest BCUT2D eigenvalue weighted by molar-refractivity contribution is -0.384. The highest BCUT2D eigenvalue weighted by molar-refractivity contribution is 5.97. The van der Waals surface area contributed by atoms with E-state index in [0.717, 1.165) is 11.1 Å². The van der Waals surface area contributed by atoms with Gasteiger partial charge in [0.2, 0.25) is 0 Å². The molecule has 0 spiro atoms. The number of hydrogen-bond acceptors (Lipinski definition) is 6. The fourth-order valence-corrected chi connectivity index (χ4v) is 2.16. The zero-order valence-electron chi connectivity index (χ0n) is 14.6. The third kappa shape index (κ3) is 4.56. The van der Waals surface area contributed by atoms with Gasteiger partial charge in [-0.15, -0.1) is 0 Å². The average molecular weight is 358 g/mol. The van der Waals surface area contributed by atoms with E-state index in [1.54, 1.807) is 18.2 Å². The van der Waals surface area contributed by atoms with Crippen LogP contribution in [-0.4, -0.2) is 30.5 Å². The number of ether oxygens (including phenoxy) is 2. The Morgan fingerprint density at radius 1 is 1.12 bits per heavy atom. The van der Waals surface area contributed by atoms with Crippen molar-refractivity contribution in [3.63, 3.8) is 0 Å². The Morgan fingerprint density at radius 3 is 2.46 bits per heavy atom. The van der Waals surface area contributed by atoms with Crippen LogP contribution in [0.15, 0.2) is 36.4 Å². The Bertz CT molecular complexity index is 863. The summed E-state index contributed by atoms with van der Waals surface area (Å²) in [6.07, 6.45) is 0. The minimum Gasteiger partial charge on any atom is -0.496 e. The molecule has 1 amide bonds. The first-order chi connectivity index (χ1) is 12.3. The van der Waals surface area contributed by atoms with Crippen molar-refractivity contribution in [1.29, 1.82) is 0 Å². The number of anilines is 1. The van der Waals surface area contributed by atoms with Crippen LogP contribution in [-0.2, 0) is 9.53 Å². The largest absolute Gasteiger partial charge is 0.496 e. The maximum atomic E-state index is 12.0. The van der Waals surface area contributed by atoms with Gasteiger partial charge in [-0.25, -0.2) is 4.79 Å². The van der Waals surface area contributed by atoms with Crippen LogP contribution in [0.3, 0.4) is 0 Å². The molecule has 0 bridgehead atoms. The van der Waals surface area contributed by atoms with Crippen LogP contribution in [0.1, 0.15) is 21.5 Å². The molecule has 0 aliphatic carbocycles. The fourth-order valence-electron chi connectivity index (χ4n) is 2.16. The molecular formula is C18H18N2O6. The molecule has 26 heavy (non-hydrogen) atoms. The highest BCUT2D eigenvalue weighted by Crippen LogP contribution is 2.28. The molecule has 8 nitrogen and oxygen atoms in total. The Labute approximate surface area is 149 Å². The second-order valence-electron chi connectivity index (χ2n) is 5.56. The molecule has 0 saturated heterocycles. The third-order valence-electron chi connectivity index (χ3n) is 3.75. The number of rotatable bonds is 6. The number of benzene rings is 2. The number of carbonyl (C=O) groups excluding carboxylic acids is 2. The van der Waals surface area contributed by atoms with E-state index < -0.39 is 23.4 Å². The molecule has 2 aromatic carbocycles. The highest BCUT2D eigenvalue weighted by Gasteiger charge is 2.18. The average Bonchev–Trinajstić information content (AvgIpc) is 2.62. The van der Waals surface area contributed by atoms with Crippen LogP contribution >= 0.6 is 0 Å². The number of aryl methyl sites for hydroxylation is 2. The molecule has 0 saturated carbocycles. The van der Waals surface area contributed by atoms with Crippen molar-refractivity contribution in [1.82, 2.24) is 0 Å². The number of nitro groups is 1. The molecule has 2 rings (SSSR count). The Morgan fingerprint density at radius 2 is 1.85 bits per heavy atom. The third-order valence-corrected chi connectivity index (χ3v) is 3.75. The maximum Gasteiger partial charge on any atom is 0.338 e. The zero-order chi connectivity index (χ0) is 19.3. The van der Waals surface area contributed by atoms with Crippen LogP contribution < -0.4 is 10.1 Å². The van der Waals surface area contributed by atoms with Gasteiger partial charge >= 0.3 is 5.97 Å². The molecule has 0 atom stereocenters. The van der Waals surface area contributed by atoms with E-state index in [-0.39, 0.29) is 17.1 Å². The molecule has 136 valence electrons. The molecule has 0 fully saturated rings. The van der Waals surface area contributed by atoms with E-state index in [0.29, 0.717) is 5.56 Å². The minimum atomic E-state index is -0.685. The van der Waals surface area contributed by atoms with E-state index >= 15 is 0 Å². The van der Waals surface area contributed by atoms with Crippen molar-refractivity contribution in [2.75, 3.05) is 19.0 Å². The highest BCUT2D eigenvalue weighted by atomic mass is 16.6. The summed E-state index contributed by atoms with van der Waals surface area (Å²) in [6, 6.07) is 9.08. The summed E-state index contributed by atoms with van der Waals surface area (Å²) in [7, 11) is 1.38. The summed E-state index contributed by atoms with van der Waals surface area (Å²) >= 11 is 0. The number of carbonyl (C=O) groups is 2. The number of nitrogens with one attached hydrogen (secondary N) is 1. The summed E-state index contributed by atoms with van der Waals surface area (Å²) in [5, 5.41) is 13.5. The number of nitrogens with zero attached hydrogens (tertiary/aromatic N) is 1. The van der Waals surface area contributed by atoms with Gasteiger partial charge in [0.25, 0.3) is 11.6 Å². The first kappa shape index (κ1) is 18.9. The first-order valence-electron chi connectivity index (χ1n) is 7.68. The lowest BCUT2D eigenvalue weighted by Crippen LogP contribution is -2.21. The molecule has 0 radical (unpaired) electrons.